The molecule has 0 unspecified atom stereocenters. The fourth-order valence-corrected chi connectivity index (χ4v) is 3.97. The molecule has 2 aromatic rings. The molecule has 28 heavy (non-hydrogen) atoms. The number of carbonyl (C=O) groups excluding carboxylic acids is 2. The number of anilines is 1. The van der Waals surface area contributed by atoms with Gasteiger partial charge in [-0.1, -0.05) is 12.1 Å². The van der Waals surface area contributed by atoms with Gasteiger partial charge in [0.15, 0.2) is 0 Å². The van der Waals surface area contributed by atoms with Crippen LogP contribution in [0.1, 0.15) is 27.9 Å². The molecule has 5 nitrogen and oxygen atoms in total. The number of nitrogens with zero attached hydrogens (tertiary/aromatic N) is 2. The van der Waals surface area contributed by atoms with Crippen LogP contribution in [0.5, 0.6) is 0 Å². The summed E-state index contributed by atoms with van der Waals surface area (Å²) in [5, 5.41) is 2.71. The van der Waals surface area contributed by atoms with E-state index in [1.165, 1.54) is 29.7 Å². The molecule has 4 rings (SSSR count). The number of fused-ring (bicyclic) bond motifs is 1. The molecule has 6 heteroatoms. The molecule has 146 valence electrons. The van der Waals surface area contributed by atoms with Crippen LogP contribution >= 0.6 is 0 Å². The molecule has 2 aromatic carbocycles. The second-order valence-electron chi connectivity index (χ2n) is 7.46. The van der Waals surface area contributed by atoms with E-state index in [2.05, 4.69) is 11.4 Å². The minimum atomic E-state index is -0.378. The minimum absolute atomic E-state index is 0.0681. The Hall–Kier alpha value is -2.73. The number of hydrogen-bond donors (Lipinski definition) is 1. The van der Waals surface area contributed by atoms with Gasteiger partial charge in [0.1, 0.15) is 5.82 Å². The molecule has 1 aliphatic carbocycles. The topological polar surface area (TPSA) is 52.7 Å². The molecule has 0 bridgehead atoms. The highest BCUT2D eigenvalue weighted by Gasteiger charge is 2.24. The lowest BCUT2D eigenvalue weighted by Crippen LogP contribution is -2.50. The summed E-state index contributed by atoms with van der Waals surface area (Å²) < 4.78 is 13.2. The van der Waals surface area contributed by atoms with Gasteiger partial charge in [-0.2, -0.15) is 0 Å². The van der Waals surface area contributed by atoms with Crippen LogP contribution in [-0.4, -0.2) is 54.3 Å². The van der Waals surface area contributed by atoms with Crippen molar-refractivity contribution in [2.75, 3.05) is 38.0 Å². The Balaban J connectivity index is 1.28. The van der Waals surface area contributed by atoms with Gasteiger partial charge in [-0.3, -0.25) is 14.5 Å². The van der Waals surface area contributed by atoms with E-state index in [0.717, 1.165) is 18.4 Å². The van der Waals surface area contributed by atoms with Crippen molar-refractivity contribution < 1.29 is 14.0 Å². The average Bonchev–Trinajstić information content (AvgIpc) is 3.16. The number of hydrogen-bond acceptors (Lipinski definition) is 3. The first-order chi connectivity index (χ1) is 13.6. The standard InChI is InChI=1S/C22H24FN3O2/c23-19-5-2-6-20(14-19)24-21(27)15-25-9-11-26(12-10-25)22(28)18-8-7-16-3-1-4-17(16)13-18/h2,5-8,13-14H,1,3-4,9-12,15H2,(H,24,27). The van der Waals surface area contributed by atoms with Crippen molar-refractivity contribution in [1.82, 2.24) is 9.80 Å². The lowest BCUT2D eigenvalue weighted by molar-refractivity contribution is -0.117. The summed E-state index contributed by atoms with van der Waals surface area (Å²) in [6.07, 6.45) is 3.34. The molecule has 1 heterocycles. The second-order valence-corrected chi connectivity index (χ2v) is 7.46. The molecular weight excluding hydrogens is 357 g/mol. The van der Waals surface area contributed by atoms with Gasteiger partial charge in [0.2, 0.25) is 5.91 Å². The molecule has 1 N–H and O–H groups in total. The number of amides is 2. The molecule has 2 aliphatic rings. The van der Waals surface area contributed by atoms with E-state index < -0.39 is 0 Å². The normalized spacial score (nSPS) is 16.7. The van der Waals surface area contributed by atoms with Crippen molar-refractivity contribution in [1.29, 1.82) is 0 Å². The van der Waals surface area contributed by atoms with E-state index in [1.54, 1.807) is 12.1 Å². The van der Waals surface area contributed by atoms with E-state index in [0.29, 0.717) is 31.9 Å². The maximum atomic E-state index is 13.2. The summed E-state index contributed by atoms with van der Waals surface area (Å²) in [4.78, 5) is 28.8. The van der Waals surface area contributed by atoms with Crippen molar-refractivity contribution in [2.45, 2.75) is 19.3 Å². The average molecular weight is 381 g/mol. The molecule has 0 radical (unpaired) electrons. The van der Waals surface area contributed by atoms with Gasteiger partial charge in [-0.05, 0) is 60.7 Å². The van der Waals surface area contributed by atoms with Crippen molar-refractivity contribution in [2.24, 2.45) is 0 Å². The van der Waals surface area contributed by atoms with Crippen molar-refractivity contribution >= 4 is 17.5 Å². The maximum Gasteiger partial charge on any atom is 0.253 e. The van der Waals surface area contributed by atoms with Crippen LogP contribution in [0.25, 0.3) is 0 Å². The Bertz CT molecular complexity index is 891. The second kappa shape index (κ2) is 8.10. The molecule has 0 atom stereocenters. The van der Waals surface area contributed by atoms with Crippen LogP contribution < -0.4 is 5.32 Å². The van der Waals surface area contributed by atoms with E-state index in [4.69, 9.17) is 0 Å². The van der Waals surface area contributed by atoms with Crippen LogP contribution in [0.2, 0.25) is 0 Å². The van der Waals surface area contributed by atoms with E-state index in [-0.39, 0.29) is 24.2 Å². The van der Waals surface area contributed by atoms with Gasteiger partial charge in [-0.25, -0.2) is 4.39 Å². The van der Waals surface area contributed by atoms with Crippen LogP contribution in [0.15, 0.2) is 42.5 Å². The number of piperazine rings is 1. The van der Waals surface area contributed by atoms with Crippen LogP contribution in [-0.2, 0) is 17.6 Å². The number of carbonyl (C=O) groups is 2. The van der Waals surface area contributed by atoms with Gasteiger partial charge < -0.3 is 10.2 Å². The summed E-state index contributed by atoms with van der Waals surface area (Å²) in [7, 11) is 0. The first-order valence-corrected chi connectivity index (χ1v) is 9.77. The lowest BCUT2D eigenvalue weighted by atomic mass is 10.1. The summed E-state index contributed by atoms with van der Waals surface area (Å²) in [6.45, 7) is 2.73. The largest absolute Gasteiger partial charge is 0.336 e. The zero-order valence-corrected chi connectivity index (χ0v) is 15.8. The van der Waals surface area contributed by atoms with Gasteiger partial charge in [-0.15, -0.1) is 0 Å². The number of benzene rings is 2. The number of rotatable bonds is 4. The van der Waals surface area contributed by atoms with Gasteiger partial charge in [0.05, 0.1) is 6.54 Å². The van der Waals surface area contributed by atoms with Crippen LogP contribution in [0, 0.1) is 5.82 Å². The molecule has 0 spiro atoms. The predicted molar refractivity (Wildman–Crippen MR) is 106 cm³/mol. The molecule has 1 saturated heterocycles. The Morgan fingerprint density at radius 1 is 0.964 bits per heavy atom. The zero-order chi connectivity index (χ0) is 19.5. The fourth-order valence-electron chi connectivity index (χ4n) is 3.97. The highest BCUT2D eigenvalue weighted by atomic mass is 19.1. The summed E-state index contributed by atoms with van der Waals surface area (Å²) in [6, 6.07) is 11.9. The SMILES string of the molecule is O=C(CN1CCN(C(=O)c2ccc3c(c2)CCC3)CC1)Nc1cccc(F)c1. The van der Waals surface area contributed by atoms with E-state index in [1.807, 2.05) is 21.9 Å². The molecule has 0 saturated carbocycles. The molecule has 1 fully saturated rings. The maximum absolute atomic E-state index is 13.2. The highest BCUT2D eigenvalue weighted by Crippen LogP contribution is 2.23. The Morgan fingerprint density at radius 2 is 1.75 bits per heavy atom. The summed E-state index contributed by atoms with van der Waals surface area (Å²) in [5.74, 6) is -0.487. The third-order valence-electron chi connectivity index (χ3n) is 5.48. The quantitative estimate of drug-likeness (QED) is 0.886. The first-order valence-electron chi connectivity index (χ1n) is 9.77. The van der Waals surface area contributed by atoms with Gasteiger partial charge in [0, 0.05) is 37.4 Å². The Morgan fingerprint density at radius 3 is 2.54 bits per heavy atom. The van der Waals surface area contributed by atoms with Crippen LogP contribution in [0.3, 0.4) is 0 Å². The lowest BCUT2D eigenvalue weighted by Gasteiger charge is -2.34. The van der Waals surface area contributed by atoms with Crippen LogP contribution in [0.4, 0.5) is 10.1 Å². The van der Waals surface area contributed by atoms with E-state index in [9.17, 15) is 14.0 Å². The molecule has 0 aromatic heterocycles. The zero-order valence-electron chi connectivity index (χ0n) is 15.8. The summed E-state index contributed by atoms with van der Waals surface area (Å²) >= 11 is 0. The van der Waals surface area contributed by atoms with Gasteiger partial charge in [0.25, 0.3) is 5.91 Å². The summed E-state index contributed by atoms with van der Waals surface area (Å²) in [5.41, 5.74) is 3.89. The third-order valence-corrected chi connectivity index (χ3v) is 5.48. The Labute approximate surface area is 164 Å². The smallest absolute Gasteiger partial charge is 0.253 e. The molecule has 2 amide bonds. The van der Waals surface area contributed by atoms with E-state index >= 15 is 0 Å². The van der Waals surface area contributed by atoms with Crippen molar-refractivity contribution in [3.05, 3.63) is 65.0 Å². The van der Waals surface area contributed by atoms with Gasteiger partial charge >= 0.3 is 0 Å². The number of aryl methyl sites for hydroxylation is 2. The number of halogens is 1. The monoisotopic (exact) mass is 381 g/mol. The third kappa shape index (κ3) is 4.22. The number of nitrogens with one attached hydrogen (secondary N) is 1. The first kappa shape index (κ1) is 18.6. The minimum Gasteiger partial charge on any atom is -0.336 e. The molecule has 1 aliphatic heterocycles. The predicted octanol–water partition coefficient (Wildman–Crippen LogP) is 2.71. The fraction of sp³-hybridized carbons (Fsp3) is 0.364. The highest BCUT2D eigenvalue weighted by molar-refractivity contribution is 5.95. The Kier molecular flexibility index (Phi) is 5.39. The molecular formula is C22H24FN3O2. The van der Waals surface area contributed by atoms with Crippen molar-refractivity contribution in [3.8, 4) is 0 Å². The van der Waals surface area contributed by atoms with Crippen molar-refractivity contribution in [3.63, 3.8) is 0 Å².